The molecule has 0 aliphatic rings. The molecule has 0 bridgehead atoms. The first-order valence-corrected chi connectivity index (χ1v) is 8.38. The van der Waals surface area contributed by atoms with Crippen LogP contribution in [0, 0.1) is 6.92 Å². The molecular weight excluding hydrogens is 282 g/mol. The Hall–Kier alpha value is -0.940. The number of aromatic nitrogens is 1. The van der Waals surface area contributed by atoms with Crippen LogP contribution < -0.4 is 5.32 Å². The van der Waals surface area contributed by atoms with E-state index in [1.165, 1.54) is 4.88 Å². The maximum absolute atomic E-state index is 12.1. The fraction of sp³-hybridized carbons (Fsp3) is 0.750. The molecule has 0 aromatic carbocycles. The molecule has 0 fully saturated rings. The van der Waals surface area contributed by atoms with Crippen molar-refractivity contribution in [1.82, 2.24) is 15.2 Å². The minimum absolute atomic E-state index is 0.0667. The van der Waals surface area contributed by atoms with Crippen LogP contribution in [0.3, 0.4) is 0 Å². The first-order chi connectivity index (χ1) is 9.57. The van der Waals surface area contributed by atoms with Crippen molar-refractivity contribution in [2.24, 2.45) is 0 Å². The zero-order valence-corrected chi connectivity index (χ0v) is 15.4. The molecule has 0 saturated heterocycles. The molecule has 5 heteroatoms. The molecule has 4 nitrogen and oxygen atoms in total. The quantitative estimate of drug-likeness (QED) is 0.908. The monoisotopic (exact) mass is 311 g/mol. The van der Waals surface area contributed by atoms with Gasteiger partial charge in [0.1, 0.15) is 0 Å². The molecule has 21 heavy (non-hydrogen) atoms. The van der Waals surface area contributed by atoms with E-state index in [-0.39, 0.29) is 23.4 Å². The van der Waals surface area contributed by atoms with E-state index in [9.17, 15) is 4.79 Å². The number of likely N-dealkylation sites (N-methyl/N-ethyl adjacent to an activating group) is 1. The van der Waals surface area contributed by atoms with Crippen LogP contribution in [0.1, 0.15) is 63.2 Å². The van der Waals surface area contributed by atoms with Crippen molar-refractivity contribution in [3.63, 3.8) is 0 Å². The summed E-state index contributed by atoms with van der Waals surface area (Å²) in [4.78, 5) is 19.8. The summed E-state index contributed by atoms with van der Waals surface area (Å²) in [5.74, 6) is 0.127. The third-order valence-corrected chi connectivity index (χ3v) is 5.35. The summed E-state index contributed by atoms with van der Waals surface area (Å²) in [5, 5.41) is 4.54. The number of amides is 1. The van der Waals surface area contributed by atoms with Gasteiger partial charge in [-0.3, -0.25) is 10.1 Å². The number of hydrogen-bond acceptors (Lipinski definition) is 4. The topological polar surface area (TPSA) is 45.2 Å². The van der Waals surface area contributed by atoms with Crippen molar-refractivity contribution in [2.45, 2.75) is 66.0 Å². The average molecular weight is 311 g/mol. The maximum Gasteiger partial charge on any atom is 0.239 e. The minimum Gasteiger partial charge on any atom is -0.345 e. The molecule has 0 saturated carbocycles. The van der Waals surface area contributed by atoms with Gasteiger partial charge in [-0.25, -0.2) is 4.98 Å². The lowest BCUT2D eigenvalue weighted by molar-refractivity contribution is -0.131. The number of nitrogens with zero attached hydrogens (tertiary/aromatic N) is 2. The lowest BCUT2D eigenvalue weighted by atomic mass is 9.98. The number of rotatable bonds is 5. The molecule has 0 radical (unpaired) electrons. The van der Waals surface area contributed by atoms with Crippen LogP contribution >= 0.6 is 11.3 Å². The van der Waals surface area contributed by atoms with Gasteiger partial charge in [0, 0.05) is 29.9 Å². The van der Waals surface area contributed by atoms with E-state index in [2.05, 4.69) is 38.0 Å². The first kappa shape index (κ1) is 18.1. The Kier molecular flexibility index (Phi) is 5.93. The Balaban J connectivity index is 2.83. The van der Waals surface area contributed by atoms with Crippen molar-refractivity contribution in [3.8, 4) is 0 Å². The van der Waals surface area contributed by atoms with Crippen LogP contribution in [0.4, 0.5) is 0 Å². The number of thiazole rings is 1. The molecule has 2 unspecified atom stereocenters. The van der Waals surface area contributed by atoms with Crippen LogP contribution in [-0.2, 0) is 10.2 Å². The van der Waals surface area contributed by atoms with Crippen molar-refractivity contribution in [2.75, 3.05) is 13.6 Å². The van der Waals surface area contributed by atoms with E-state index in [4.69, 9.17) is 0 Å². The van der Waals surface area contributed by atoms with Gasteiger partial charge in [0.25, 0.3) is 0 Å². The lowest BCUT2D eigenvalue weighted by Gasteiger charge is -2.23. The third kappa shape index (κ3) is 4.51. The van der Waals surface area contributed by atoms with Gasteiger partial charge in [-0.05, 0) is 27.7 Å². The second-order valence-electron chi connectivity index (χ2n) is 6.68. The normalized spacial score (nSPS) is 14.9. The summed E-state index contributed by atoms with van der Waals surface area (Å²) < 4.78 is 0. The number of carbonyl (C=O) groups is 1. The van der Waals surface area contributed by atoms with Crippen LogP contribution in [0.2, 0.25) is 0 Å². The molecule has 0 spiro atoms. The second kappa shape index (κ2) is 6.88. The summed E-state index contributed by atoms with van der Waals surface area (Å²) in [6, 6.07) is -0.0626. The van der Waals surface area contributed by atoms with Gasteiger partial charge in [0.05, 0.1) is 16.7 Å². The summed E-state index contributed by atoms with van der Waals surface area (Å²) >= 11 is 1.74. The summed E-state index contributed by atoms with van der Waals surface area (Å²) in [5.41, 5.74) is 1.13. The highest BCUT2D eigenvalue weighted by Gasteiger charge is 2.24. The van der Waals surface area contributed by atoms with E-state index < -0.39 is 0 Å². The lowest BCUT2D eigenvalue weighted by Crippen LogP contribution is -2.43. The Morgan fingerprint density at radius 3 is 2.38 bits per heavy atom. The summed E-state index contributed by atoms with van der Waals surface area (Å²) in [7, 11) is 1.83. The van der Waals surface area contributed by atoms with Gasteiger partial charge in [-0.2, -0.15) is 0 Å². The average Bonchev–Trinajstić information content (AvgIpc) is 2.78. The third-order valence-electron chi connectivity index (χ3n) is 3.59. The van der Waals surface area contributed by atoms with E-state index >= 15 is 0 Å². The smallest absolute Gasteiger partial charge is 0.239 e. The molecule has 2 atom stereocenters. The molecule has 0 aliphatic carbocycles. The fourth-order valence-corrected chi connectivity index (χ4v) is 3.27. The molecule has 0 aliphatic heterocycles. The Morgan fingerprint density at radius 1 is 1.38 bits per heavy atom. The van der Waals surface area contributed by atoms with E-state index in [0.717, 1.165) is 17.2 Å². The molecule has 1 amide bonds. The maximum atomic E-state index is 12.1. The molecule has 120 valence electrons. The van der Waals surface area contributed by atoms with Crippen LogP contribution in [0.25, 0.3) is 0 Å². The fourth-order valence-electron chi connectivity index (χ4n) is 2.14. The number of hydrogen-bond donors (Lipinski definition) is 1. The SMILES string of the molecule is CCN(C)C(=O)C(C)NC(C)c1sc(C(C)(C)C)nc1C. The van der Waals surface area contributed by atoms with Crippen molar-refractivity contribution in [3.05, 3.63) is 15.6 Å². The highest BCUT2D eigenvalue weighted by Crippen LogP contribution is 2.32. The Bertz CT molecular complexity index is 490. The van der Waals surface area contributed by atoms with E-state index in [0.29, 0.717) is 0 Å². The van der Waals surface area contributed by atoms with Gasteiger partial charge < -0.3 is 4.90 Å². The first-order valence-electron chi connectivity index (χ1n) is 7.56. The Morgan fingerprint density at radius 2 is 1.95 bits per heavy atom. The summed E-state index contributed by atoms with van der Waals surface area (Å²) in [6.07, 6.45) is 0. The molecule has 1 aromatic heterocycles. The van der Waals surface area contributed by atoms with Gasteiger partial charge >= 0.3 is 0 Å². The molecule has 1 N–H and O–H groups in total. The summed E-state index contributed by atoms with van der Waals surface area (Å²) in [6.45, 7) is 15.3. The van der Waals surface area contributed by atoms with Gasteiger partial charge in [-0.15, -0.1) is 11.3 Å². The molecule has 1 rings (SSSR count). The molecule has 1 heterocycles. The van der Waals surface area contributed by atoms with Crippen molar-refractivity contribution < 1.29 is 4.79 Å². The minimum atomic E-state index is -0.190. The number of carbonyl (C=O) groups excluding carboxylic acids is 1. The zero-order chi connectivity index (χ0) is 16.4. The number of nitrogens with one attached hydrogen (secondary N) is 1. The highest BCUT2D eigenvalue weighted by molar-refractivity contribution is 7.12. The van der Waals surface area contributed by atoms with Gasteiger partial charge in [0.2, 0.25) is 5.91 Å². The van der Waals surface area contributed by atoms with E-state index in [1.807, 2.05) is 27.8 Å². The predicted octanol–water partition coefficient (Wildman–Crippen LogP) is 3.27. The highest BCUT2D eigenvalue weighted by atomic mass is 32.1. The standard InChI is InChI=1S/C16H29N3OS/c1-9-19(8)14(20)12(4)17-10(2)13-11(3)18-15(21-13)16(5,6)7/h10,12,17H,9H2,1-8H3. The van der Waals surface area contributed by atoms with Crippen LogP contribution in [0.5, 0.6) is 0 Å². The largest absolute Gasteiger partial charge is 0.345 e. The van der Waals surface area contributed by atoms with Crippen molar-refractivity contribution >= 4 is 17.2 Å². The van der Waals surface area contributed by atoms with Crippen molar-refractivity contribution in [1.29, 1.82) is 0 Å². The molecular formula is C16H29N3OS. The second-order valence-corrected chi connectivity index (χ2v) is 7.71. The van der Waals surface area contributed by atoms with Gasteiger partial charge in [-0.1, -0.05) is 20.8 Å². The number of aryl methyl sites for hydroxylation is 1. The van der Waals surface area contributed by atoms with Crippen LogP contribution in [0.15, 0.2) is 0 Å². The Labute approximate surface area is 133 Å². The zero-order valence-electron chi connectivity index (χ0n) is 14.6. The molecule has 1 aromatic rings. The van der Waals surface area contributed by atoms with E-state index in [1.54, 1.807) is 16.2 Å². The van der Waals surface area contributed by atoms with Gasteiger partial charge in [0.15, 0.2) is 0 Å². The van der Waals surface area contributed by atoms with Crippen LogP contribution in [-0.4, -0.2) is 35.4 Å². The predicted molar refractivity (Wildman–Crippen MR) is 89.9 cm³/mol.